The van der Waals surface area contributed by atoms with Crippen LogP contribution < -0.4 is 0 Å². The zero-order valence-corrected chi connectivity index (χ0v) is 16.9. The van der Waals surface area contributed by atoms with Crippen LogP contribution in [-0.4, -0.2) is 35.4 Å². The summed E-state index contributed by atoms with van der Waals surface area (Å²) < 4.78 is 0. The number of allylic oxidation sites excluding steroid dienone is 1. The highest BCUT2D eigenvalue weighted by atomic mass is 16.2. The summed E-state index contributed by atoms with van der Waals surface area (Å²) >= 11 is 0. The highest BCUT2D eigenvalue weighted by Gasteiger charge is 2.70. The van der Waals surface area contributed by atoms with Gasteiger partial charge in [0.05, 0.1) is 6.26 Å². The summed E-state index contributed by atoms with van der Waals surface area (Å²) in [7, 11) is 2.22. The summed E-state index contributed by atoms with van der Waals surface area (Å²) in [4.78, 5) is 15.9. The Morgan fingerprint density at radius 2 is 1.92 bits per heavy atom. The standard InChI is InChI=1S/C23H31NO2/c1-14-7-8-16-11-18-22(5)12-17(13-25)20(26)21(3,4)23(22,9-10-24(18)6)19(16)15(14)2/h7-8,13,18,25H,9-12H2,1-6H3/b17-13+/t18?,22-,23-/m0/s1. The molecule has 1 aliphatic heterocycles. The number of carbonyl (C=O) groups is 1. The molecule has 3 nitrogen and oxygen atoms in total. The number of aliphatic hydroxyl groups excluding tert-OH is 1. The molecule has 0 aromatic heterocycles. The van der Waals surface area contributed by atoms with E-state index in [2.05, 4.69) is 58.7 Å². The largest absolute Gasteiger partial charge is 0.515 e. The van der Waals surface area contributed by atoms with Crippen LogP contribution in [0.25, 0.3) is 0 Å². The molecule has 2 bridgehead atoms. The van der Waals surface area contributed by atoms with Crippen molar-refractivity contribution in [3.8, 4) is 0 Å². The van der Waals surface area contributed by atoms with E-state index in [1.54, 1.807) is 0 Å². The number of ketones is 1. The minimum absolute atomic E-state index is 0.0719. The van der Waals surface area contributed by atoms with Crippen LogP contribution in [0.1, 0.15) is 55.9 Å². The van der Waals surface area contributed by atoms with E-state index < -0.39 is 5.41 Å². The lowest BCUT2D eigenvalue weighted by molar-refractivity contribution is -0.154. The average Bonchev–Trinajstić information content (AvgIpc) is 2.58. The van der Waals surface area contributed by atoms with Crippen molar-refractivity contribution in [3.05, 3.63) is 46.2 Å². The normalized spacial score (nSPS) is 37.4. The summed E-state index contributed by atoms with van der Waals surface area (Å²) in [6.45, 7) is 12.0. The van der Waals surface area contributed by atoms with Gasteiger partial charge in [-0.25, -0.2) is 0 Å². The van der Waals surface area contributed by atoms with Gasteiger partial charge in [-0.2, -0.15) is 0 Å². The number of rotatable bonds is 0. The fraction of sp³-hybridized carbons (Fsp3) is 0.609. The van der Waals surface area contributed by atoms with Gasteiger partial charge in [0.25, 0.3) is 0 Å². The number of likely N-dealkylation sites (N-methyl/N-ethyl adjacent to an activating group) is 1. The van der Waals surface area contributed by atoms with Crippen LogP contribution >= 0.6 is 0 Å². The lowest BCUT2D eigenvalue weighted by Crippen LogP contribution is -2.73. The predicted octanol–water partition coefficient (Wildman–Crippen LogP) is 4.25. The lowest BCUT2D eigenvalue weighted by atomic mass is 9.36. The van der Waals surface area contributed by atoms with E-state index in [-0.39, 0.29) is 16.6 Å². The van der Waals surface area contributed by atoms with Gasteiger partial charge >= 0.3 is 0 Å². The molecule has 4 rings (SSSR count). The Hall–Kier alpha value is -1.61. The molecule has 1 aromatic carbocycles. The monoisotopic (exact) mass is 353 g/mol. The van der Waals surface area contributed by atoms with Gasteiger partial charge in [0.1, 0.15) is 0 Å². The second-order valence-electron chi connectivity index (χ2n) is 9.60. The van der Waals surface area contributed by atoms with Crippen molar-refractivity contribution < 1.29 is 9.90 Å². The smallest absolute Gasteiger partial charge is 0.168 e. The summed E-state index contributed by atoms with van der Waals surface area (Å²) in [5, 5.41) is 9.82. The number of likely N-dealkylation sites (tertiary alicyclic amines) is 1. The number of aliphatic hydroxyl groups is 1. The van der Waals surface area contributed by atoms with E-state index in [0.717, 1.165) is 25.6 Å². The number of piperidine rings is 1. The molecule has 3 heteroatoms. The van der Waals surface area contributed by atoms with E-state index in [0.29, 0.717) is 18.0 Å². The van der Waals surface area contributed by atoms with Gasteiger partial charge in [-0.05, 0) is 74.4 Å². The van der Waals surface area contributed by atoms with Gasteiger partial charge in [0, 0.05) is 22.4 Å². The van der Waals surface area contributed by atoms with Crippen LogP contribution in [0.2, 0.25) is 0 Å². The first-order valence-corrected chi connectivity index (χ1v) is 9.79. The molecule has 26 heavy (non-hydrogen) atoms. The highest BCUT2D eigenvalue weighted by molar-refractivity contribution is 6.02. The van der Waals surface area contributed by atoms with Gasteiger partial charge in [-0.3, -0.25) is 4.79 Å². The summed E-state index contributed by atoms with van der Waals surface area (Å²) in [5.74, 6) is 0.120. The Labute approximate surface area is 157 Å². The molecule has 0 radical (unpaired) electrons. The number of aryl methyl sites for hydroxylation is 1. The van der Waals surface area contributed by atoms with Crippen LogP contribution in [0, 0.1) is 24.7 Å². The first kappa shape index (κ1) is 17.8. The maximum Gasteiger partial charge on any atom is 0.168 e. The Morgan fingerprint density at radius 3 is 2.58 bits per heavy atom. The second-order valence-corrected chi connectivity index (χ2v) is 9.60. The Bertz CT molecular complexity index is 837. The van der Waals surface area contributed by atoms with Crippen molar-refractivity contribution in [2.24, 2.45) is 10.8 Å². The molecular weight excluding hydrogens is 322 g/mol. The molecule has 1 saturated carbocycles. The first-order valence-electron chi connectivity index (χ1n) is 9.79. The van der Waals surface area contributed by atoms with E-state index in [9.17, 15) is 9.90 Å². The van der Waals surface area contributed by atoms with Crippen molar-refractivity contribution in [1.29, 1.82) is 0 Å². The number of fused-ring (bicyclic) bond motifs is 1. The Morgan fingerprint density at radius 1 is 1.23 bits per heavy atom. The first-order chi connectivity index (χ1) is 12.1. The van der Waals surface area contributed by atoms with E-state index in [1.165, 1.54) is 22.3 Å². The van der Waals surface area contributed by atoms with Gasteiger partial charge in [-0.15, -0.1) is 0 Å². The molecule has 0 spiro atoms. The molecule has 1 heterocycles. The molecular formula is C23H31NO2. The molecule has 3 atom stereocenters. The minimum Gasteiger partial charge on any atom is -0.515 e. The molecule has 1 unspecified atom stereocenters. The minimum atomic E-state index is -0.540. The third kappa shape index (κ3) is 1.76. The van der Waals surface area contributed by atoms with E-state index in [4.69, 9.17) is 0 Å². The average molecular weight is 354 g/mol. The van der Waals surface area contributed by atoms with Gasteiger partial charge < -0.3 is 10.0 Å². The number of carbonyl (C=O) groups excluding carboxylic acids is 1. The number of Topliss-reactive ketones (excluding diaryl/α,β-unsaturated/α-hetero) is 1. The van der Waals surface area contributed by atoms with Crippen LogP contribution in [0.5, 0.6) is 0 Å². The van der Waals surface area contributed by atoms with Gasteiger partial charge in [0.2, 0.25) is 0 Å². The second kappa shape index (κ2) is 5.22. The number of hydrogen-bond acceptors (Lipinski definition) is 3. The van der Waals surface area contributed by atoms with E-state index >= 15 is 0 Å². The highest BCUT2D eigenvalue weighted by Crippen LogP contribution is 2.69. The SMILES string of the molecule is Cc1ccc2c(c1C)[C@]13CCN(C)C(C2)[C@]1(C)C/C(=C\O)C(=O)C3(C)C. The Balaban J connectivity index is 2.13. The molecule has 3 aliphatic rings. The van der Waals surface area contributed by atoms with Crippen molar-refractivity contribution in [2.75, 3.05) is 13.6 Å². The van der Waals surface area contributed by atoms with Crippen LogP contribution in [-0.2, 0) is 16.6 Å². The number of hydrogen-bond donors (Lipinski definition) is 1. The molecule has 1 saturated heterocycles. The zero-order valence-electron chi connectivity index (χ0n) is 16.9. The zero-order chi connectivity index (χ0) is 19.1. The van der Waals surface area contributed by atoms with Gasteiger partial charge in [-0.1, -0.05) is 32.9 Å². The lowest BCUT2D eigenvalue weighted by Gasteiger charge is -2.70. The van der Waals surface area contributed by atoms with Crippen molar-refractivity contribution in [1.82, 2.24) is 4.90 Å². The number of nitrogens with zero attached hydrogens (tertiary/aromatic N) is 1. The topological polar surface area (TPSA) is 40.5 Å². The molecule has 1 N–H and O–H groups in total. The third-order valence-electron chi connectivity index (χ3n) is 8.38. The maximum absolute atomic E-state index is 13.4. The van der Waals surface area contributed by atoms with Crippen molar-refractivity contribution in [3.63, 3.8) is 0 Å². The Kier molecular flexibility index (Phi) is 3.57. The molecule has 2 aliphatic carbocycles. The van der Waals surface area contributed by atoms with E-state index in [1.807, 2.05) is 0 Å². The van der Waals surface area contributed by atoms with Crippen molar-refractivity contribution in [2.45, 2.75) is 65.3 Å². The maximum atomic E-state index is 13.4. The molecule has 2 fully saturated rings. The molecule has 0 amide bonds. The van der Waals surface area contributed by atoms with Gasteiger partial charge in [0.15, 0.2) is 5.78 Å². The fourth-order valence-corrected chi connectivity index (χ4v) is 6.98. The fourth-order valence-electron chi connectivity index (χ4n) is 6.98. The number of benzene rings is 1. The van der Waals surface area contributed by atoms with Crippen LogP contribution in [0.3, 0.4) is 0 Å². The van der Waals surface area contributed by atoms with Crippen molar-refractivity contribution >= 4 is 5.78 Å². The summed E-state index contributed by atoms with van der Waals surface area (Å²) in [5.41, 5.74) is 5.31. The third-order valence-corrected chi connectivity index (χ3v) is 8.38. The summed E-state index contributed by atoms with van der Waals surface area (Å²) in [6, 6.07) is 4.91. The predicted molar refractivity (Wildman–Crippen MR) is 105 cm³/mol. The molecule has 1 aromatic rings. The molecule has 140 valence electrons. The van der Waals surface area contributed by atoms with Crippen LogP contribution in [0.4, 0.5) is 0 Å². The summed E-state index contributed by atoms with van der Waals surface area (Å²) in [6.07, 6.45) is 3.75. The van der Waals surface area contributed by atoms with Crippen LogP contribution in [0.15, 0.2) is 24.0 Å². The quantitative estimate of drug-likeness (QED) is 0.560.